The van der Waals surface area contributed by atoms with Gasteiger partial charge >= 0.3 is 6.09 Å². The summed E-state index contributed by atoms with van der Waals surface area (Å²) in [5.74, 6) is 0.419. The zero-order chi connectivity index (χ0) is 29.1. The number of ether oxygens (including phenoxy) is 2. The summed E-state index contributed by atoms with van der Waals surface area (Å²) in [5, 5.41) is 4.61. The first-order chi connectivity index (χ1) is 19.6. The molecule has 10 heteroatoms. The van der Waals surface area contributed by atoms with Gasteiger partial charge in [-0.1, -0.05) is 0 Å². The number of piperazine rings is 1. The Kier molecular flexibility index (Phi) is 8.19. The molecule has 1 aromatic heterocycles. The van der Waals surface area contributed by atoms with Crippen molar-refractivity contribution in [1.29, 1.82) is 0 Å². The minimum Gasteiger partial charge on any atom is -0.497 e. The van der Waals surface area contributed by atoms with Crippen molar-refractivity contribution < 1.29 is 23.5 Å². The summed E-state index contributed by atoms with van der Waals surface area (Å²) in [5.41, 5.74) is 2.59. The van der Waals surface area contributed by atoms with E-state index < -0.39 is 5.60 Å². The number of piperidine rings is 1. The second-order valence-electron chi connectivity index (χ2n) is 11.6. The molecule has 41 heavy (non-hydrogen) atoms. The molecule has 0 bridgehead atoms. The minimum atomic E-state index is -0.563. The minimum absolute atomic E-state index is 0.000720. The van der Waals surface area contributed by atoms with Crippen LogP contribution in [-0.2, 0) is 4.74 Å². The van der Waals surface area contributed by atoms with Crippen LogP contribution in [0, 0.1) is 5.82 Å². The third-order valence-corrected chi connectivity index (χ3v) is 7.65. The third kappa shape index (κ3) is 6.47. The lowest BCUT2D eigenvalue weighted by molar-refractivity contribution is 0.0203. The van der Waals surface area contributed by atoms with Crippen LogP contribution in [-0.4, -0.2) is 83.6 Å². The van der Waals surface area contributed by atoms with Gasteiger partial charge in [0.2, 0.25) is 0 Å². The topological polar surface area (TPSA) is 80.1 Å². The average molecular weight is 564 g/mol. The van der Waals surface area contributed by atoms with E-state index in [0.717, 1.165) is 17.1 Å². The predicted molar refractivity (Wildman–Crippen MR) is 154 cm³/mol. The van der Waals surface area contributed by atoms with Gasteiger partial charge in [0.25, 0.3) is 5.91 Å². The van der Waals surface area contributed by atoms with Gasteiger partial charge in [0, 0.05) is 50.9 Å². The highest BCUT2D eigenvalue weighted by atomic mass is 19.1. The lowest BCUT2D eigenvalue weighted by atomic mass is 9.90. The van der Waals surface area contributed by atoms with Crippen molar-refractivity contribution >= 4 is 17.7 Å². The number of rotatable bonds is 5. The van der Waals surface area contributed by atoms with E-state index in [1.54, 1.807) is 35.0 Å². The highest BCUT2D eigenvalue weighted by molar-refractivity contribution is 5.95. The molecule has 0 N–H and O–H groups in total. The van der Waals surface area contributed by atoms with E-state index in [0.29, 0.717) is 63.4 Å². The van der Waals surface area contributed by atoms with Crippen LogP contribution in [0.15, 0.2) is 54.7 Å². The van der Waals surface area contributed by atoms with Crippen molar-refractivity contribution in [1.82, 2.24) is 19.6 Å². The zero-order valence-electron chi connectivity index (χ0n) is 24.2. The Hall–Kier alpha value is -4.08. The number of carbonyl (C=O) groups is 2. The van der Waals surface area contributed by atoms with Gasteiger partial charge in [-0.25, -0.2) is 13.9 Å². The fourth-order valence-electron chi connectivity index (χ4n) is 5.50. The molecule has 3 aromatic rings. The number of hydrogen-bond acceptors (Lipinski definition) is 6. The highest BCUT2D eigenvalue weighted by Gasteiger charge is 2.34. The summed E-state index contributed by atoms with van der Waals surface area (Å²) in [6, 6.07) is 14.1. The summed E-state index contributed by atoms with van der Waals surface area (Å²) in [4.78, 5) is 32.4. The molecule has 9 nitrogen and oxygen atoms in total. The number of likely N-dealkylation sites (tertiary alicyclic amines) is 1. The van der Waals surface area contributed by atoms with Crippen LogP contribution in [0.3, 0.4) is 0 Å². The molecule has 0 atom stereocenters. The molecule has 2 saturated heterocycles. The van der Waals surface area contributed by atoms with Crippen LogP contribution in [0.1, 0.15) is 55.6 Å². The average Bonchev–Trinajstić information content (AvgIpc) is 3.42. The number of halogens is 1. The maximum Gasteiger partial charge on any atom is 0.410 e. The van der Waals surface area contributed by atoms with Crippen LogP contribution in [0.5, 0.6) is 5.75 Å². The van der Waals surface area contributed by atoms with Gasteiger partial charge < -0.3 is 24.2 Å². The van der Waals surface area contributed by atoms with Crippen LogP contribution in [0.25, 0.3) is 5.69 Å². The van der Waals surface area contributed by atoms with Crippen LogP contribution >= 0.6 is 0 Å². The fourth-order valence-corrected chi connectivity index (χ4v) is 5.50. The number of aromatic nitrogens is 2. The van der Waals surface area contributed by atoms with Crippen LogP contribution in [0.2, 0.25) is 0 Å². The Labute approximate surface area is 240 Å². The maximum atomic E-state index is 13.9. The summed E-state index contributed by atoms with van der Waals surface area (Å²) < 4.78 is 26.3. The van der Waals surface area contributed by atoms with Crippen molar-refractivity contribution in [2.45, 2.75) is 45.1 Å². The number of benzene rings is 2. The van der Waals surface area contributed by atoms with Gasteiger partial charge in [-0.05, 0) is 82.1 Å². The summed E-state index contributed by atoms with van der Waals surface area (Å²) in [7, 11) is 1.65. The third-order valence-electron chi connectivity index (χ3n) is 7.65. The van der Waals surface area contributed by atoms with E-state index in [2.05, 4.69) is 10.00 Å². The maximum absolute atomic E-state index is 13.9. The molecular formula is C31H38FN5O4. The Bertz CT molecular complexity index is 1350. The lowest BCUT2D eigenvalue weighted by Crippen LogP contribution is -2.49. The Morgan fingerprint density at radius 1 is 0.854 bits per heavy atom. The van der Waals surface area contributed by atoms with Crippen molar-refractivity contribution in [2.75, 3.05) is 51.3 Å². The first kappa shape index (κ1) is 28.4. The van der Waals surface area contributed by atoms with E-state index >= 15 is 0 Å². The monoisotopic (exact) mass is 563 g/mol. The molecule has 2 fully saturated rings. The van der Waals surface area contributed by atoms with E-state index in [-0.39, 0.29) is 23.7 Å². The Balaban J connectivity index is 1.34. The molecule has 2 aliphatic heterocycles. The lowest BCUT2D eigenvalue weighted by Gasteiger charge is -2.37. The molecule has 0 aliphatic carbocycles. The summed E-state index contributed by atoms with van der Waals surface area (Å²) in [6.07, 6.45) is 2.64. The number of anilines is 1. The fraction of sp³-hybridized carbons (Fsp3) is 0.452. The van der Waals surface area contributed by atoms with E-state index in [9.17, 15) is 14.0 Å². The SMILES string of the molecule is COc1ccc(N2CCN(C(=O)c3cnn(-c4ccc(F)cc4)c3C3CCN(C(=O)OC(C)(C)C)CC3)CC2)cc1. The van der Waals surface area contributed by atoms with E-state index in [4.69, 9.17) is 9.47 Å². The molecule has 2 aliphatic rings. The number of methoxy groups -OCH3 is 1. The van der Waals surface area contributed by atoms with Gasteiger partial charge in [-0.15, -0.1) is 0 Å². The van der Waals surface area contributed by atoms with Crippen LogP contribution in [0.4, 0.5) is 14.9 Å². The Morgan fingerprint density at radius 3 is 2.05 bits per heavy atom. The molecule has 3 heterocycles. The quantitative estimate of drug-likeness (QED) is 0.430. The van der Waals surface area contributed by atoms with Crippen LogP contribution < -0.4 is 9.64 Å². The van der Waals surface area contributed by atoms with E-state index in [1.807, 2.05) is 49.9 Å². The summed E-state index contributed by atoms with van der Waals surface area (Å²) >= 11 is 0. The molecule has 5 rings (SSSR count). The van der Waals surface area contributed by atoms with Gasteiger partial charge in [0.15, 0.2) is 0 Å². The normalized spacial score (nSPS) is 16.6. The van der Waals surface area contributed by atoms with Gasteiger partial charge in [0.1, 0.15) is 17.2 Å². The number of amides is 2. The molecular weight excluding hydrogens is 525 g/mol. The highest BCUT2D eigenvalue weighted by Crippen LogP contribution is 2.33. The second-order valence-corrected chi connectivity index (χ2v) is 11.6. The largest absolute Gasteiger partial charge is 0.497 e. The van der Waals surface area contributed by atoms with Gasteiger partial charge in [-0.3, -0.25) is 4.79 Å². The molecule has 218 valence electrons. The standard InChI is InChI=1S/C31H38FN5O4/c1-31(2,3)41-30(39)36-15-13-22(14-16-36)28-27(21-33-37(28)25-7-5-23(32)6-8-25)29(38)35-19-17-34(18-20-35)24-9-11-26(40-4)12-10-24/h5-12,21-22H,13-20H2,1-4H3. The smallest absolute Gasteiger partial charge is 0.410 e. The molecule has 2 amide bonds. The first-order valence-corrected chi connectivity index (χ1v) is 14.1. The molecule has 0 unspecified atom stereocenters. The Morgan fingerprint density at radius 2 is 1.46 bits per heavy atom. The van der Waals surface area contributed by atoms with Crippen molar-refractivity contribution in [3.05, 3.63) is 71.8 Å². The number of carbonyl (C=O) groups excluding carboxylic acids is 2. The predicted octanol–water partition coefficient (Wildman–Crippen LogP) is 5.10. The number of nitrogens with zero attached hydrogens (tertiary/aromatic N) is 5. The second kappa shape index (κ2) is 11.8. The number of hydrogen-bond donors (Lipinski definition) is 0. The van der Waals surface area contributed by atoms with Crippen molar-refractivity contribution in [3.63, 3.8) is 0 Å². The van der Waals surface area contributed by atoms with Gasteiger partial charge in [-0.2, -0.15) is 5.10 Å². The van der Waals surface area contributed by atoms with Gasteiger partial charge in [0.05, 0.1) is 30.3 Å². The summed E-state index contributed by atoms with van der Waals surface area (Å²) in [6.45, 7) is 9.20. The van der Waals surface area contributed by atoms with E-state index in [1.165, 1.54) is 12.1 Å². The van der Waals surface area contributed by atoms with Crippen molar-refractivity contribution in [2.24, 2.45) is 0 Å². The first-order valence-electron chi connectivity index (χ1n) is 14.1. The molecule has 2 aromatic carbocycles. The molecule has 0 saturated carbocycles. The van der Waals surface area contributed by atoms with Crippen molar-refractivity contribution in [3.8, 4) is 11.4 Å². The molecule has 0 spiro atoms. The molecule has 0 radical (unpaired) electrons. The zero-order valence-corrected chi connectivity index (χ0v) is 24.2.